The minimum absolute atomic E-state index is 0.00796. The molecule has 0 atom stereocenters. The van der Waals surface area contributed by atoms with Crippen molar-refractivity contribution in [3.8, 4) is 0 Å². The first-order valence-corrected chi connectivity index (χ1v) is 5.89. The Balaban J connectivity index is 2.21. The third kappa shape index (κ3) is 2.92. The predicted molar refractivity (Wildman–Crippen MR) is 77.2 cm³/mol. The van der Waals surface area contributed by atoms with Gasteiger partial charge in [-0.25, -0.2) is 0 Å². The number of carbonyl (C=O) groups excluding carboxylic acids is 1. The SMILES string of the molecule is CC(=O)c1ccc(Nc2ccc([N+](=O)[O-])cc2N)cc1. The Bertz CT molecular complexity index is 666. The summed E-state index contributed by atoms with van der Waals surface area (Å²) >= 11 is 0. The molecule has 0 aliphatic carbocycles. The van der Waals surface area contributed by atoms with Crippen LogP contribution in [-0.4, -0.2) is 10.7 Å². The van der Waals surface area contributed by atoms with Gasteiger partial charge < -0.3 is 11.1 Å². The number of nitrogens with zero attached hydrogens (tertiary/aromatic N) is 1. The summed E-state index contributed by atoms with van der Waals surface area (Å²) in [5, 5.41) is 13.7. The zero-order valence-electron chi connectivity index (χ0n) is 10.8. The Labute approximate surface area is 115 Å². The summed E-state index contributed by atoms with van der Waals surface area (Å²) < 4.78 is 0. The van der Waals surface area contributed by atoms with E-state index in [9.17, 15) is 14.9 Å². The number of nitrogen functional groups attached to an aromatic ring is 1. The summed E-state index contributed by atoms with van der Waals surface area (Å²) in [4.78, 5) is 21.3. The molecular formula is C14H13N3O3. The quantitative estimate of drug-likeness (QED) is 0.385. The first-order chi connectivity index (χ1) is 9.47. The molecule has 6 heteroatoms. The molecule has 2 rings (SSSR count). The summed E-state index contributed by atoms with van der Waals surface area (Å²) in [6.45, 7) is 1.50. The summed E-state index contributed by atoms with van der Waals surface area (Å²) in [5.74, 6) is -0.00796. The molecule has 0 aliphatic rings. The first kappa shape index (κ1) is 13.5. The highest BCUT2D eigenvalue weighted by atomic mass is 16.6. The van der Waals surface area contributed by atoms with Gasteiger partial charge in [-0.15, -0.1) is 0 Å². The van der Waals surface area contributed by atoms with Gasteiger partial charge in [0, 0.05) is 23.4 Å². The fraction of sp³-hybridized carbons (Fsp3) is 0.0714. The molecule has 0 saturated heterocycles. The van der Waals surface area contributed by atoms with E-state index in [0.29, 0.717) is 11.3 Å². The zero-order valence-corrected chi connectivity index (χ0v) is 10.8. The van der Waals surface area contributed by atoms with Crippen LogP contribution in [0.2, 0.25) is 0 Å². The van der Waals surface area contributed by atoms with Crippen LogP contribution in [0.3, 0.4) is 0 Å². The molecule has 0 bridgehead atoms. The highest BCUT2D eigenvalue weighted by molar-refractivity contribution is 5.94. The van der Waals surface area contributed by atoms with Gasteiger partial charge in [-0.1, -0.05) is 0 Å². The normalized spacial score (nSPS) is 10.1. The maximum absolute atomic E-state index is 11.2. The van der Waals surface area contributed by atoms with Crippen molar-refractivity contribution < 1.29 is 9.72 Å². The van der Waals surface area contributed by atoms with Gasteiger partial charge in [0.05, 0.1) is 16.3 Å². The molecule has 0 aromatic heterocycles. The lowest BCUT2D eigenvalue weighted by Gasteiger charge is -2.09. The number of carbonyl (C=O) groups is 1. The van der Waals surface area contributed by atoms with Crippen molar-refractivity contribution >= 4 is 28.5 Å². The lowest BCUT2D eigenvalue weighted by Crippen LogP contribution is -1.98. The van der Waals surface area contributed by atoms with E-state index in [1.807, 2.05) is 0 Å². The van der Waals surface area contributed by atoms with Crippen molar-refractivity contribution in [3.63, 3.8) is 0 Å². The van der Waals surface area contributed by atoms with Crippen molar-refractivity contribution in [1.82, 2.24) is 0 Å². The Morgan fingerprint density at radius 3 is 2.35 bits per heavy atom. The van der Waals surface area contributed by atoms with Crippen LogP contribution in [0.4, 0.5) is 22.7 Å². The van der Waals surface area contributed by atoms with Gasteiger partial charge in [0.25, 0.3) is 5.69 Å². The second-order valence-electron chi connectivity index (χ2n) is 4.29. The summed E-state index contributed by atoms with van der Waals surface area (Å²) in [6, 6.07) is 11.1. The van der Waals surface area contributed by atoms with Gasteiger partial charge in [0.2, 0.25) is 0 Å². The number of nitro groups is 1. The number of anilines is 3. The van der Waals surface area contributed by atoms with Crippen molar-refractivity contribution in [2.24, 2.45) is 0 Å². The summed E-state index contributed by atoms with van der Waals surface area (Å²) in [6.07, 6.45) is 0. The molecular weight excluding hydrogens is 258 g/mol. The van der Waals surface area contributed by atoms with Crippen LogP contribution in [0.5, 0.6) is 0 Å². The van der Waals surface area contributed by atoms with Gasteiger partial charge in [-0.3, -0.25) is 14.9 Å². The fourth-order valence-electron chi connectivity index (χ4n) is 1.72. The Morgan fingerprint density at radius 1 is 1.20 bits per heavy atom. The third-order valence-corrected chi connectivity index (χ3v) is 2.82. The summed E-state index contributed by atoms with van der Waals surface area (Å²) in [7, 11) is 0. The highest BCUT2D eigenvalue weighted by Gasteiger charge is 2.08. The molecule has 2 aromatic carbocycles. The maximum atomic E-state index is 11.2. The first-order valence-electron chi connectivity index (χ1n) is 5.89. The van der Waals surface area contributed by atoms with E-state index in [1.165, 1.54) is 19.1 Å². The number of rotatable bonds is 4. The molecule has 0 heterocycles. The fourth-order valence-corrected chi connectivity index (χ4v) is 1.72. The number of ketones is 1. The number of hydrogen-bond donors (Lipinski definition) is 2. The van der Waals surface area contributed by atoms with Gasteiger partial charge in [-0.05, 0) is 37.3 Å². The van der Waals surface area contributed by atoms with Crippen molar-refractivity contribution in [1.29, 1.82) is 0 Å². The monoisotopic (exact) mass is 271 g/mol. The summed E-state index contributed by atoms with van der Waals surface area (Å²) in [5.41, 5.74) is 7.93. The molecule has 0 aliphatic heterocycles. The van der Waals surface area contributed by atoms with Gasteiger partial charge >= 0.3 is 0 Å². The molecule has 0 radical (unpaired) electrons. The molecule has 0 fully saturated rings. The van der Waals surface area contributed by atoms with Crippen LogP contribution in [0.25, 0.3) is 0 Å². The van der Waals surface area contributed by atoms with Crippen LogP contribution in [-0.2, 0) is 0 Å². The number of nitrogens with two attached hydrogens (primary N) is 1. The van der Waals surface area contributed by atoms with Gasteiger partial charge in [0.1, 0.15) is 0 Å². The second-order valence-corrected chi connectivity index (χ2v) is 4.29. The van der Waals surface area contributed by atoms with E-state index in [1.54, 1.807) is 30.3 Å². The van der Waals surface area contributed by atoms with Gasteiger partial charge in [-0.2, -0.15) is 0 Å². The standard InChI is InChI=1S/C14H13N3O3/c1-9(18)10-2-4-11(5-3-10)16-14-7-6-12(17(19)20)8-13(14)15/h2-8,16H,15H2,1H3. The van der Waals surface area contributed by atoms with E-state index in [4.69, 9.17) is 5.73 Å². The topological polar surface area (TPSA) is 98.3 Å². The zero-order chi connectivity index (χ0) is 14.7. The minimum Gasteiger partial charge on any atom is -0.397 e. The maximum Gasteiger partial charge on any atom is 0.271 e. The molecule has 0 spiro atoms. The molecule has 0 amide bonds. The number of nitrogens with one attached hydrogen (secondary N) is 1. The number of hydrogen-bond acceptors (Lipinski definition) is 5. The number of Topliss-reactive ketones (excluding diaryl/α,β-unsaturated/α-hetero) is 1. The highest BCUT2D eigenvalue weighted by Crippen LogP contribution is 2.27. The van der Waals surface area contributed by atoms with Crippen LogP contribution in [0.15, 0.2) is 42.5 Å². The average Bonchev–Trinajstić information content (AvgIpc) is 2.41. The third-order valence-electron chi connectivity index (χ3n) is 2.82. The lowest BCUT2D eigenvalue weighted by atomic mass is 10.1. The molecule has 3 N–H and O–H groups in total. The Kier molecular flexibility index (Phi) is 3.65. The van der Waals surface area contributed by atoms with Crippen LogP contribution < -0.4 is 11.1 Å². The number of non-ortho nitro benzene ring substituents is 1. The molecule has 0 saturated carbocycles. The van der Waals surface area contributed by atoms with Gasteiger partial charge in [0.15, 0.2) is 5.78 Å². The van der Waals surface area contributed by atoms with E-state index >= 15 is 0 Å². The average molecular weight is 271 g/mol. The molecule has 6 nitrogen and oxygen atoms in total. The van der Waals surface area contributed by atoms with E-state index in [-0.39, 0.29) is 17.2 Å². The van der Waals surface area contributed by atoms with Crippen LogP contribution in [0, 0.1) is 10.1 Å². The lowest BCUT2D eigenvalue weighted by molar-refractivity contribution is -0.384. The predicted octanol–water partition coefficient (Wildman–Crippen LogP) is 3.12. The Morgan fingerprint density at radius 2 is 1.85 bits per heavy atom. The molecule has 20 heavy (non-hydrogen) atoms. The van der Waals surface area contributed by atoms with Crippen molar-refractivity contribution in [2.45, 2.75) is 6.92 Å². The van der Waals surface area contributed by atoms with E-state index in [0.717, 1.165) is 5.69 Å². The van der Waals surface area contributed by atoms with E-state index in [2.05, 4.69) is 5.32 Å². The van der Waals surface area contributed by atoms with Crippen LogP contribution >= 0.6 is 0 Å². The molecule has 0 unspecified atom stereocenters. The smallest absolute Gasteiger partial charge is 0.271 e. The van der Waals surface area contributed by atoms with Crippen molar-refractivity contribution in [2.75, 3.05) is 11.1 Å². The minimum atomic E-state index is -0.498. The van der Waals surface area contributed by atoms with Crippen molar-refractivity contribution in [3.05, 3.63) is 58.1 Å². The Hall–Kier alpha value is -2.89. The van der Waals surface area contributed by atoms with E-state index < -0.39 is 4.92 Å². The number of nitro benzene ring substituents is 1. The number of benzene rings is 2. The van der Waals surface area contributed by atoms with Crippen LogP contribution in [0.1, 0.15) is 17.3 Å². The second kappa shape index (κ2) is 5.40. The molecule has 102 valence electrons. The molecule has 2 aromatic rings. The largest absolute Gasteiger partial charge is 0.397 e.